The van der Waals surface area contributed by atoms with Crippen molar-refractivity contribution in [1.82, 2.24) is 4.98 Å². The highest BCUT2D eigenvalue weighted by Crippen LogP contribution is 2.20. The van der Waals surface area contributed by atoms with Crippen LogP contribution in [-0.4, -0.2) is 18.4 Å². The summed E-state index contributed by atoms with van der Waals surface area (Å²) in [5, 5.41) is 2.10. The van der Waals surface area contributed by atoms with Gasteiger partial charge in [0, 0.05) is 10.9 Å². The van der Waals surface area contributed by atoms with Crippen LogP contribution in [0.5, 0.6) is 0 Å². The van der Waals surface area contributed by atoms with Crippen LogP contribution in [0.3, 0.4) is 0 Å². The topological polar surface area (TPSA) is 85.1 Å². The molecule has 0 fully saturated rings. The van der Waals surface area contributed by atoms with E-state index in [4.69, 9.17) is 18.0 Å². The van der Waals surface area contributed by atoms with Crippen molar-refractivity contribution >= 4 is 43.7 Å². The third-order valence-electron chi connectivity index (χ3n) is 2.27. The van der Waals surface area contributed by atoms with E-state index >= 15 is 0 Å². The summed E-state index contributed by atoms with van der Waals surface area (Å²) in [5.41, 5.74) is 6.76. The van der Waals surface area contributed by atoms with E-state index in [1.54, 1.807) is 24.4 Å². The normalized spacial score (nSPS) is 11.2. The number of rotatable bonds is 4. The van der Waals surface area contributed by atoms with Crippen LogP contribution in [-0.2, 0) is 10.0 Å². The summed E-state index contributed by atoms with van der Waals surface area (Å²) in [4.78, 5) is 4.31. The zero-order valence-corrected chi connectivity index (χ0v) is 12.4. The minimum Gasteiger partial charge on any atom is -0.389 e. The number of aromatic nitrogens is 1. The third-order valence-corrected chi connectivity index (χ3v) is 4.85. The number of nitrogens with two attached hydrogens (primary N) is 1. The molecule has 8 heteroatoms. The maximum Gasteiger partial charge on any atom is 0.263 e. The highest BCUT2D eigenvalue weighted by molar-refractivity contribution is 7.93. The van der Waals surface area contributed by atoms with Crippen molar-refractivity contribution in [3.63, 3.8) is 0 Å². The summed E-state index contributed by atoms with van der Waals surface area (Å²) in [6.07, 6.45) is 0. The standard InChI is InChI=1S/C11H11N3O2S3/c1-7-6-18-11(13-7)14-19(15,16)9-4-2-3-8(5-9)10(12)17/h2-6H,1H3,(H2,12,17)(H,13,14). The van der Waals surface area contributed by atoms with E-state index in [0.717, 1.165) is 5.69 Å². The van der Waals surface area contributed by atoms with Crippen LogP contribution in [0.25, 0.3) is 0 Å². The maximum absolute atomic E-state index is 12.2. The molecular formula is C11H11N3O2S3. The zero-order valence-electron chi connectivity index (χ0n) is 9.95. The van der Waals surface area contributed by atoms with Crippen LogP contribution < -0.4 is 10.5 Å². The Bertz CT molecular complexity index is 722. The first-order valence-electron chi connectivity index (χ1n) is 5.23. The second kappa shape index (κ2) is 5.24. The van der Waals surface area contributed by atoms with Gasteiger partial charge in [0.15, 0.2) is 5.13 Å². The molecule has 0 aliphatic heterocycles. The third kappa shape index (κ3) is 3.28. The number of benzene rings is 1. The number of sulfonamides is 1. The van der Waals surface area contributed by atoms with Gasteiger partial charge >= 0.3 is 0 Å². The first-order valence-corrected chi connectivity index (χ1v) is 8.00. The summed E-state index contributed by atoms with van der Waals surface area (Å²) in [6, 6.07) is 6.17. The minimum atomic E-state index is -3.67. The minimum absolute atomic E-state index is 0.102. The number of nitrogens with zero attached hydrogens (tertiary/aromatic N) is 1. The lowest BCUT2D eigenvalue weighted by Gasteiger charge is -2.06. The van der Waals surface area contributed by atoms with E-state index in [1.165, 1.54) is 23.5 Å². The van der Waals surface area contributed by atoms with Crippen LogP contribution in [0.15, 0.2) is 34.5 Å². The van der Waals surface area contributed by atoms with Crippen molar-refractivity contribution < 1.29 is 8.42 Å². The van der Waals surface area contributed by atoms with Crippen LogP contribution in [0.1, 0.15) is 11.3 Å². The average Bonchev–Trinajstić information content (AvgIpc) is 2.74. The first kappa shape index (κ1) is 13.9. The number of thiocarbonyl (C=S) groups is 1. The Hall–Kier alpha value is -1.51. The molecule has 3 N–H and O–H groups in total. The second-order valence-electron chi connectivity index (χ2n) is 3.79. The van der Waals surface area contributed by atoms with Gasteiger partial charge < -0.3 is 5.73 Å². The van der Waals surface area contributed by atoms with Gasteiger partial charge in [0.25, 0.3) is 10.0 Å². The molecule has 0 saturated carbocycles. The zero-order chi connectivity index (χ0) is 14.0. The molecule has 19 heavy (non-hydrogen) atoms. The van der Waals surface area contributed by atoms with Gasteiger partial charge in [0.05, 0.1) is 10.6 Å². The predicted octanol–water partition coefficient (Wildman–Crippen LogP) is 1.89. The van der Waals surface area contributed by atoms with E-state index in [2.05, 4.69) is 9.71 Å². The van der Waals surface area contributed by atoms with E-state index in [9.17, 15) is 8.42 Å². The van der Waals surface area contributed by atoms with Crippen molar-refractivity contribution in [1.29, 1.82) is 0 Å². The Balaban J connectivity index is 2.34. The summed E-state index contributed by atoms with van der Waals surface area (Å²) < 4.78 is 26.7. The molecule has 0 atom stereocenters. The van der Waals surface area contributed by atoms with Gasteiger partial charge in [-0.3, -0.25) is 4.72 Å². The molecule has 0 aliphatic carbocycles. The molecule has 0 radical (unpaired) electrons. The molecule has 100 valence electrons. The molecular weight excluding hydrogens is 302 g/mol. The molecule has 0 spiro atoms. The summed E-state index contributed by atoms with van der Waals surface area (Å²) in [6.45, 7) is 1.79. The van der Waals surface area contributed by atoms with Crippen LogP contribution in [0, 0.1) is 6.92 Å². The molecule has 2 aromatic rings. The van der Waals surface area contributed by atoms with Crippen molar-refractivity contribution in [2.45, 2.75) is 11.8 Å². The van der Waals surface area contributed by atoms with Crippen LogP contribution in [0.4, 0.5) is 5.13 Å². The number of thiazole rings is 1. The molecule has 0 amide bonds. The lowest BCUT2D eigenvalue weighted by molar-refractivity contribution is 0.601. The summed E-state index contributed by atoms with van der Waals surface area (Å²) >= 11 is 6.06. The Labute approximate surface area is 120 Å². The number of nitrogens with one attached hydrogen (secondary N) is 1. The Kier molecular flexibility index (Phi) is 3.83. The van der Waals surface area contributed by atoms with Crippen molar-refractivity contribution in [2.75, 3.05) is 4.72 Å². The van der Waals surface area contributed by atoms with Crippen LogP contribution in [0.2, 0.25) is 0 Å². The fraction of sp³-hybridized carbons (Fsp3) is 0.0909. The van der Waals surface area contributed by atoms with Gasteiger partial charge in [-0.15, -0.1) is 11.3 Å². The van der Waals surface area contributed by atoms with E-state index in [-0.39, 0.29) is 9.88 Å². The smallest absolute Gasteiger partial charge is 0.263 e. The molecule has 0 saturated heterocycles. The quantitative estimate of drug-likeness (QED) is 0.842. The second-order valence-corrected chi connectivity index (χ2v) is 6.77. The molecule has 1 aromatic heterocycles. The van der Waals surface area contributed by atoms with E-state index in [0.29, 0.717) is 10.7 Å². The molecule has 5 nitrogen and oxygen atoms in total. The number of hydrogen-bond donors (Lipinski definition) is 2. The maximum atomic E-state index is 12.2. The highest BCUT2D eigenvalue weighted by atomic mass is 32.2. The first-order chi connectivity index (χ1) is 8.88. The molecule has 1 heterocycles. The lowest BCUT2D eigenvalue weighted by Crippen LogP contribution is -2.15. The molecule has 1 aromatic carbocycles. The van der Waals surface area contributed by atoms with Crippen molar-refractivity contribution in [3.05, 3.63) is 40.9 Å². The summed E-state index contributed by atoms with van der Waals surface area (Å²) in [5.74, 6) is 0. The largest absolute Gasteiger partial charge is 0.389 e. The van der Waals surface area contributed by atoms with Gasteiger partial charge in [0.1, 0.15) is 4.99 Å². The summed E-state index contributed by atoms with van der Waals surface area (Å²) in [7, 11) is -3.67. The van der Waals surface area contributed by atoms with Gasteiger partial charge in [-0.25, -0.2) is 13.4 Å². The van der Waals surface area contributed by atoms with Gasteiger partial charge in [0.2, 0.25) is 0 Å². The number of anilines is 1. The Morgan fingerprint density at radius 1 is 1.47 bits per heavy atom. The predicted molar refractivity (Wildman–Crippen MR) is 80.0 cm³/mol. The highest BCUT2D eigenvalue weighted by Gasteiger charge is 2.16. The molecule has 0 aliphatic rings. The molecule has 0 unspecified atom stereocenters. The van der Waals surface area contributed by atoms with E-state index in [1.807, 2.05) is 0 Å². The van der Waals surface area contributed by atoms with E-state index < -0.39 is 10.0 Å². The SMILES string of the molecule is Cc1csc(NS(=O)(=O)c2cccc(C(N)=S)c2)n1. The fourth-order valence-electron chi connectivity index (χ4n) is 1.39. The lowest BCUT2D eigenvalue weighted by atomic mass is 10.2. The number of hydrogen-bond acceptors (Lipinski definition) is 5. The number of aryl methyl sites for hydroxylation is 1. The Morgan fingerprint density at radius 3 is 2.79 bits per heavy atom. The Morgan fingerprint density at radius 2 is 2.21 bits per heavy atom. The fourth-order valence-corrected chi connectivity index (χ4v) is 3.50. The molecule has 0 bridgehead atoms. The average molecular weight is 313 g/mol. The molecule has 2 rings (SSSR count). The monoisotopic (exact) mass is 313 g/mol. The van der Waals surface area contributed by atoms with Gasteiger partial charge in [-0.1, -0.05) is 24.4 Å². The van der Waals surface area contributed by atoms with Gasteiger partial charge in [-0.05, 0) is 19.1 Å². The van der Waals surface area contributed by atoms with Crippen molar-refractivity contribution in [3.8, 4) is 0 Å². The van der Waals surface area contributed by atoms with Crippen molar-refractivity contribution in [2.24, 2.45) is 5.73 Å². The van der Waals surface area contributed by atoms with Crippen LogP contribution >= 0.6 is 23.6 Å². The van der Waals surface area contributed by atoms with Gasteiger partial charge in [-0.2, -0.15) is 0 Å².